The van der Waals surface area contributed by atoms with E-state index in [0.717, 1.165) is 0 Å². The predicted octanol–water partition coefficient (Wildman–Crippen LogP) is -3.22. The molecule has 0 rings (SSSR count). The van der Waals surface area contributed by atoms with Gasteiger partial charge in [0, 0.05) is 0 Å². The maximum Gasteiger partial charge on any atom is 1.00 e. The summed E-state index contributed by atoms with van der Waals surface area (Å²) in [6.07, 6.45) is 0.607. The molecule has 56 valence electrons. The third-order valence-corrected chi connectivity index (χ3v) is 1.34. The van der Waals surface area contributed by atoms with Crippen LogP contribution in [0.3, 0.4) is 0 Å². The Balaban J connectivity index is 0. The van der Waals surface area contributed by atoms with E-state index in [1.807, 2.05) is 0 Å². The molecule has 0 spiro atoms. The molecule has 0 amide bonds. The van der Waals surface area contributed by atoms with Gasteiger partial charge in [0.05, 0.1) is 6.61 Å². The number of nitrogens with two attached hydrogens (primary N) is 1. The number of hydrogen-bond acceptors (Lipinski definition) is 5. The monoisotopic (exact) mass is 193 g/mol. The Morgan fingerprint density at radius 1 is 1.70 bits per heavy atom. The number of rotatable bonds is 4. The van der Waals surface area contributed by atoms with E-state index in [9.17, 15) is 9.46 Å². The molecule has 0 heterocycles. The van der Waals surface area contributed by atoms with Crippen LogP contribution in [0.15, 0.2) is 0 Å². The summed E-state index contributed by atoms with van der Waals surface area (Å²) in [4.78, 5) is 10.2. The quantitative estimate of drug-likeness (QED) is 0.288. The van der Waals surface area contributed by atoms with Crippen molar-refractivity contribution >= 4 is 7.82 Å². The second-order valence-corrected chi connectivity index (χ2v) is 2.75. The summed E-state index contributed by atoms with van der Waals surface area (Å²) in [6.45, 7) is 1.88. The predicted molar refractivity (Wildman–Crippen MR) is 29.1 cm³/mol. The van der Waals surface area contributed by atoms with Crippen LogP contribution in [0.2, 0.25) is 0 Å². The van der Waals surface area contributed by atoms with Gasteiger partial charge >= 0.3 is 51.4 Å². The van der Waals surface area contributed by atoms with Gasteiger partial charge in [-0.25, -0.2) is 10.5 Å². The molecule has 0 fully saturated rings. The summed E-state index contributed by atoms with van der Waals surface area (Å²) in [6, 6.07) is 0. The molecule has 10 heavy (non-hydrogen) atoms. The van der Waals surface area contributed by atoms with Crippen molar-refractivity contribution < 1.29 is 70.0 Å². The van der Waals surface area contributed by atoms with Gasteiger partial charge in [-0.05, 0) is 6.42 Å². The first kappa shape index (κ1) is 14.2. The molecule has 0 radical (unpaired) electrons. The topological polar surface area (TPSA) is 84.6 Å². The van der Waals surface area contributed by atoms with E-state index in [-0.39, 0.29) is 58.0 Å². The smallest absolute Gasteiger partial charge is 0.755 e. The minimum absolute atomic E-state index is 0. The molecule has 0 saturated carbocycles. The van der Waals surface area contributed by atoms with E-state index in [0.29, 0.717) is 6.42 Å². The van der Waals surface area contributed by atoms with Gasteiger partial charge in [0.1, 0.15) is 0 Å². The van der Waals surface area contributed by atoms with Crippen LogP contribution in [-0.4, -0.2) is 6.61 Å². The van der Waals surface area contributed by atoms with Gasteiger partial charge in [0.2, 0.25) is 0 Å². The molecule has 5 nitrogen and oxygen atoms in total. The first-order chi connectivity index (χ1) is 4.12. The van der Waals surface area contributed by atoms with Gasteiger partial charge in [-0.2, -0.15) is 0 Å². The zero-order chi connectivity index (χ0) is 7.33. The van der Waals surface area contributed by atoms with Gasteiger partial charge in [-0.15, -0.1) is 0 Å². The van der Waals surface area contributed by atoms with Crippen molar-refractivity contribution in [2.24, 2.45) is 5.90 Å². The van der Waals surface area contributed by atoms with Crippen LogP contribution < -0.4 is 62.2 Å². The summed E-state index contributed by atoms with van der Waals surface area (Å²) < 4.78 is 17.9. The van der Waals surface area contributed by atoms with Gasteiger partial charge in [0.15, 0.2) is 0 Å². The fourth-order valence-electron chi connectivity index (χ4n) is 0.234. The molecule has 7 heteroatoms. The summed E-state index contributed by atoms with van der Waals surface area (Å²) in [7, 11) is -4.16. The van der Waals surface area contributed by atoms with E-state index in [1.165, 1.54) is 0 Å². The third kappa shape index (κ3) is 7.81. The molecule has 0 aliphatic rings. The van der Waals surface area contributed by atoms with Crippen molar-refractivity contribution in [2.45, 2.75) is 13.3 Å². The SMILES string of the molecule is CCCOP(=O)([O-])ON.[K+]. The molecule has 0 aromatic rings. The average Bonchev–Trinajstić information content (AvgIpc) is 1.84. The number of hydrogen-bond donors (Lipinski definition) is 1. The minimum Gasteiger partial charge on any atom is -0.755 e. The zero-order valence-electron chi connectivity index (χ0n) is 6.07. The fourth-order valence-corrected chi connectivity index (χ4v) is 0.701. The standard InChI is InChI=1S/C3H10NO4P.K/c1-2-3-7-9(5,6)8-4;/h2-4H2,1H3,(H,5,6);/q;+1/p-1. The second-order valence-electron chi connectivity index (χ2n) is 1.39. The normalized spacial score (nSPS) is 15.5. The van der Waals surface area contributed by atoms with E-state index < -0.39 is 7.82 Å². The van der Waals surface area contributed by atoms with Gasteiger partial charge in [-0.3, -0.25) is 4.57 Å². The fraction of sp³-hybridized carbons (Fsp3) is 1.00. The first-order valence-corrected chi connectivity index (χ1v) is 3.92. The molecule has 0 saturated heterocycles. The maximum absolute atomic E-state index is 10.2. The first-order valence-electron chi connectivity index (χ1n) is 2.46. The van der Waals surface area contributed by atoms with Crippen LogP contribution >= 0.6 is 7.82 Å². The summed E-state index contributed by atoms with van der Waals surface area (Å²) >= 11 is 0. The Morgan fingerprint density at radius 2 is 2.20 bits per heavy atom. The average molecular weight is 193 g/mol. The largest absolute Gasteiger partial charge is 1.00 e. The van der Waals surface area contributed by atoms with Crippen LogP contribution in [0.1, 0.15) is 13.3 Å². The molecule has 0 bridgehead atoms. The van der Waals surface area contributed by atoms with Crippen molar-refractivity contribution in [3.63, 3.8) is 0 Å². The van der Waals surface area contributed by atoms with Gasteiger partial charge in [-0.1, -0.05) is 6.92 Å². The Labute approximate surface area is 102 Å². The molecular formula is C3H9KNO4P. The summed E-state index contributed by atoms with van der Waals surface area (Å²) in [5.41, 5.74) is 0. The van der Waals surface area contributed by atoms with E-state index in [1.54, 1.807) is 6.92 Å². The molecule has 1 unspecified atom stereocenters. The molecule has 0 aromatic carbocycles. The molecule has 0 aliphatic heterocycles. The Kier molecular flexibility index (Phi) is 10.5. The number of phosphoric ester groups is 1. The molecule has 2 N–H and O–H groups in total. The van der Waals surface area contributed by atoms with Crippen molar-refractivity contribution in [3.05, 3.63) is 0 Å². The zero-order valence-corrected chi connectivity index (χ0v) is 10.1. The molecule has 0 aromatic heterocycles. The van der Waals surface area contributed by atoms with Crippen molar-refractivity contribution in [3.8, 4) is 0 Å². The molecule has 1 atom stereocenters. The maximum atomic E-state index is 10.2. The molecule has 0 aliphatic carbocycles. The van der Waals surface area contributed by atoms with Crippen LogP contribution in [0.4, 0.5) is 0 Å². The summed E-state index contributed by atoms with van der Waals surface area (Å²) in [5, 5.41) is 0. The Bertz CT molecular complexity index is 121. The van der Waals surface area contributed by atoms with Crippen LogP contribution in [-0.2, 0) is 13.7 Å². The minimum atomic E-state index is -4.16. The Hall–Kier alpha value is 1.71. The van der Waals surface area contributed by atoms with Crippen LogP contribution in [0, 0.1) is 0 Å². The van der Waals surface area contributed by atoms with Crippen LogP contribution in [0.5, 0.6) is 0 Å². The Morgan fingerprint density at radius 3 is 2.50 bits per heavy atom. The number of phosphoric acid groups is 1. The van der Waals surface area contributed by atoms with Gasteiger partial charge in [0.25, 0.3) is 7.82 Å². The van der Waals surface area contributed by atoms with Crippen LogP contribution in [0.25, 0.3) is 0 Å². The van der Waals surface area contributed by atoms with E-state index >= 15 is 0 Å². The van der Waals surface area contributed by atoms with Gasteiger partial charge < -0.3 is 9.42 Å². The summed E-state index contributed by atoms with van der Waals surface area (Å²) in [5.74, 6) is 4.35. The van der Waals surface area contributed by atoms with Crippen molar-refractivity contribution in [1.29, 1.82) is 0 Å². The van der Waals surface area contributed by atoms with E-state index in [4.69, 9.17) is 0 Å². The van der Waals surface area contributed by atoms with Crippen molar-refractivity contribution in [1.82, 2.24) is 0 Å². The third-order valence-electron chi connectivity index (χ3n) is 0.583. The molecular weight excluding hydrogens is 184 g/mol. The van der Waals surface area contributed by atoms with E-state index in [2.05, 4.69) is 15.0 Å². The second kappa shape index (κ2) is 7.36. The van der Waals surface area contributed by atoms with Crippen molar-refractivity contribution in [2.75, 3.05) is 6.61 Å².